The predicted octanol–water partition coefficient (Wildman–Crippen LogP) is 5.91. The summed E-state index contributed by atoms with van der Waals surface area (Å²) in [6.45, 7) is 4.42. The predicted molar refractivity (Wildman–Crippen MR) is 157 cm³/mol. The molecule has 1 aromatic heterocycles. The number of aryl methyl sites for hydroxylation is 1. The fourth-order valence-electron chi connectivity index (χ4n) is 4.92. The van der Waals surface area contributed by atoms with Crippen LogP contribution in [0.25, 0.3) is 16.0 Å². The molecule has 0 radical (unpaired) electrons. The van der Waals surface area contributed by atoms with E-state index < -0.39 is 17.7 Å². The summed E-state index contributed by atoms with van der Waals surface area (Å²) in [7, 11) is 4.46. The molecule has 0 unspecified atom stereocenters. The lowest BCUT2D eigenvalue weighted by Gasteiger charge is -2.24. The van der Waals surface area contributed by atoms with Crippen LogP contribution in [0, 0.1) is 0 Å². The van der Waals surface area contributed by atoms with Crippen molar-refractivity contribution in [3.63, 3.8) is 0 Å². The summed E-state index contributed by atoms with van der Waals surface area (Å²) in [5.74, 6) is -0.298. The van der Waals surface area contributed by atoms with Gasteiger partial charge in [0, 0.05) is 5.56 Å². The number of methoxy groups -OCH3 is 3. The number of Topliss-reactive ketones (excluding diaryl/α,β-unsaturated/α-hetero) is 1. The Morgan fingerprint density at radius 3 is 2.22 bits per heavy atom. The largest absolute Gasteiger partial charge is 0.507 e. The van der Waals surface area contributed by atoms with E-state index in [0.717, 1.165) is 16.7 Å². The first-order chi connectivity index (χ1) is 19.8. The van der Waals surface area contributed by atoms with E-state index in [0.29, 0.717) is 51.4 Å². The minimum atomic E-state index is -1.03. The van der Waals surface area contributed by atoms with Crippen molar-refractivity contribution in [1.82, 2.24) is 4.98 Å². The molecular formula is C31H30N2O7S. The number of hydrogen-bond acceptors (Lipinski definition) is 9. The quantitative estimate of drug-likeness (QED) is 0.149. The number of ether oxygens (including phenoxy) is 4. The molecule has 9 nitrogen and oxygen atoms in total. The van der Waals surface area contributed by atoms with Gasteiger partial charge in [0.05, 0.1) is 49.8 Å². The van der Waals surface area contributed by atoms with E-state index in [1.54, 1.807) is 36.4 Å². The molecule has 1 aliphatic rings. The van der Waals surface area contributed by atoms with Gasteiger partial charge in [-0.25, -0.2) is 4.98 Å². The molecular weight excluding hydrogens is 544 g/mol. The maximum absolute atomic E-state index is 13.7. The van der Waals surface area contributed by atoms with Gasteiger partial charge in [-0.1, -0.05) is 24.3 Å². The van der Waals surface area contributed by atoms with Crippen molar-refractivity contribution in [2.45, 2.75) is 26.3 Å². The maximum atomic E-state index is 13.7. The van der Waals surface area contributed by atoms with Crippen LogP contribution in [0.5, 0.6) is 23.0 Å². The summed E-state index contributed by atoms with van der Waals surface area (Å²) in [6.07, 6.45) is 0.848. The molecule has 1 aliphatic heterocycles. The Hall–Kier alpha value is -4.57. The first-order valence-electron chi connectivity index (χ1n) is 13.1. The number of carbonyl (C=O) groups is 2. The topological polar surface area (TPSA) is 107 Å². The van der Waals surface area contributed by atoms with E-state index in [-0.39, 0.29) is 11.3 Å². The number of benzene rings is 3. The minimum absolute atomic E-state index is 0.0815. The highest BCUT2D eigenvalue weighted by molar-refractivity contribution is 7.22. The average molecular weight is 575 g/mol. The van der Waals surface area contributed by atoms with Crippen LogP contribution in [-0.2, 0) is 16.0 Å². The number of carbonyl (C=O) groups excluding carboxylic acids is 2. The third-order valence-electron chi connectivity index (χ3n) is 6.94. The second kappa shape index (κ2) is 11.5. The normalized spacial score (nSPS) is 16.3. The molecule has 4 aromatic rings. The summed E-state index contributed by atoms with van der Waals surface area (Å²) in [5.41, 5.74) is 2.59. The fourth-order valence-corrected chi connectivity index (χ4v) is 5.97. The van der Waals surface area contributed by atoms with Gasteiger partial charge in [-0.2, -0.15) is 0 Å². The summed E-state index contributed by atoms with van der Waals surface area (Å²) in [6, 6.07) is 14.9. The lowest BCUT2D eigenvalue weighted by molar-refractivity contribution is -0.132. The number of ketones is 1. The first-order valence-corrected chi connectivity index (χ1v) is 13.9. The van der Waals surface area contributed by atoms with Gasteiger partial charge in [0.25, 0.3) is 5.78 Å². The number of thiazole rings is 1. The molecule has 212 valence electrons. The zero-order valence-corrected chi connectivity index (χ0v) is 24.2. The van der Waals surface area contributed by atoms with Crippen molar-refractivity contribution >= 4 is 44.1 Å². The summed E-state index contributed by atoms with van der Waals surface area (Å²) >= 11 is 1.31. The Kier molecular flexibility index (Phi) is 7.85. The van der Waals surface area contributed by atoms with Crippen molar-refractivity contribution in [2.24, 2.45) is 0 Å². The molecule has 1 fully saturated rings. The number of hydrogen-bond donors (Lipinski definition) is 1. The van der Waals surface area contributed by atoms with Crippen LogP contribution in [0.4, 0.5) is 5.13 Å². The molecule has 5 rings (SSSR count). The van der Waals surface area contributed by atoms with Gasteiger partial charge in [0.15, 0.2) is 16.6 Å². The van der Waals surface area contributed by atoms with Gasteiger partial charge in [-0.15, -0.1) is 0 Å². The lowest BCUT2D eigenvalue weighted by atomic mass is 9.94. The summed E-state index contributed by atoms with van der Waals surface area (Å²) < 4.78 is 23.0. The SMILES string of the molecule is CCOc1ccc(/C(O)=C2\C(=O)C(=O)N(c3nc4ccc(CC)cc4s3)[C@H]2c2cc(OC)c(OC)c(OC)c2)cc1. The van der Waals surface area contributed by atoms with Crippen LogP contribution in [0.3, 0.4) is 0 Å². The van der Waals surface area contributed by atoms with Crippen LogP contribution in [0.2, 0.25) is 0 Å². The van der Waals surface area contributed by atoms with E-state index >= 15 is 0 Å². The van der Waals surface area contributed by atoms with Gasteiger partial charge in [-0.3, -0.25) is 14.5 Å². The monoisotopic (exact) mass is 574 g/mol. The van der Waals surface area contributed by atoms with Crippen molar-refractivity contribution in [3.8, 4) is 23.0 Å². The van der Waals surface area contributed by atoms with E-state index in [2.05, 4.69) is 6.92 Å². The number of aromatic nitrogens is 1. The Bertz CT molecular complexity index is 1630. The number of aliphatic hydroxyl groups excluding tert-OH is 1. The number of rotatable bonds is 9. The Morgan fingerprint density at radius 1 is 0.951 bits per heavy atom. The van der Waals surface area contributed by atoms with E-state index in [1.165, 1.54) is 37.6 Å². The second-order valence-corrected chi connectivity index (χ2v) is 10.2. The number of fused-ring (bicyclic) bond motifs is 1. The molecule has 2 heterocycles. The average Bonchev–Trinajstić information content (AvgIpc) is 3.53. The lowest BCUT2D eigenvalue weighted by Crippen LogP contribution is -2.29. The Labute approximate surface area is 241 Å². The van der Waals surface area contributed by atoms with E-state index in [9.17, 15) is 14.7 Å². The fraction of sp³-hybridized carbons (Fsp3) is 0.258. The van der Waals surface area contributed by atoms with E-state index in [1.807, 2.05) is 25.1 Å². The molecule has 1 atom stereocenters. The maximum Gasteiger partial charge on any atom is 0.301 e. The van der Waals surface area contributed by atoms with Gasteiger partial charge >= 0.3 is 5.91 Å². The summed E-state index contributed by atoms with van der Waals surface area (Å²) in [4.78, 5) is 33.4. The smallest absolute Gasteiger partial charge is 0.301 e. The highest BCUT2D eigenvalue weighted by atomic mass is 32.1. The molecule has 1 N–H and O–H groups in total. The van der Waals surface area contributed by atoms with Crippen molar-refractivity contribution in [1.29, 1.82) is 0 Å². The van der Waals surface area contributed by atoms with E-state index in [4.69, 9.17) is 23.9 Å². The van der Waals surface area contributed by atoms with Crippen molar-refractivity contribution in [3.05, 3.63) is 76.9 Å². The van der Waals surface area contributed by atoms with Crippen molar-refractivity contribution < 1.29 is 33.6 Å². The standard InChI is InChI=1S/C31H30N2O7S/c1-6-17-8-13-21-24(14-17)41-31(32-21)33-26(19-15-22(37-3)29(39-5)23(16-19)38-4)25(28(35)30(33)36)27(34)18-9-11-20(12-10-18)40-7-2/h8-16,26,34H,6-7H2,1-5H3/b27-25+/t26-/m0/s1. The zero-order chi connectivity index (χ0) is 29.3. The van der Waals surface area contributed by atoms with Gasteiger partial charge < -0.3 is 24.1 Å². The zero-order valence-electron chi connectivity index (χ0n) is 23.4. The Morgan fingerprint density at radius 2 is 1.63 bits per heavy atom. The molecule has 0 saturated carbocycles. The molecule has 41 heavy (non-hydrogen) atoms. The van der Waals surface area contributed by atoms with Gasteiger partial charge in [0.1, 0.15) is 11.5 Å². The third-order valence-corrected chi connectivity index (χ3v) is 7.96. The number of amides is 1. The van der Waals surface area contributed by atoms with Crippen LogP contribution >= 0.6 is 11.3 Å². The highest BCUT2D eigenvalue weighted by Crippen LogP contribution is 2.48. The number of aliphatic hydroxyl groups is 1. The van der Waals surface area contributed by atoms with Crippen LogP contribution < -0.4 is 23.8 Å². The van der Waals surface area contributed by atoms with Crippen molar-refractivity contribution in [2.75, 3.05) is 32.8 Å². The minimum Gasteiger partial charge on any atom is -0.507 e. The second-order valence-electron chi connectivity index (χ2n) is 9.24. The molecule has 1 saturated heterocycles. The molecule has 3 aromatic carbocycles. The number of nitrogens with zero attached hydrogens (tertiary/aromatic N) is 2. The van der Waals surface area contributed by atoms with Crippen LogP contribution in [0.1, 0.15) is 36.6 Å². The third kappa shape index (κ3) is 4.95. The summed E-state index contributed by atoms with van der Waals surface area (Å²) in [5, 5.41) is 11.9. The van der Waals surface area contributed by atoms with Gasteiger partial charge in [0.2, 0.25) is 5.75 Å². The molecule has 10 heteroatoms. The van der Waals surface area contributed by atoms with Gasteiger partial charge in [-0.05, 0) is 73.0 Å². The molecule has 0 aliphatic carbocycles. The number of anilines is 1. The molecule has 1 amide bonds. The van der Waals surface area contributed by atoms with Crippen LogP contribution in [0.15, 0.2) is 60.2 Å². The highest BCUT2D eigenvalue weighted by Gasteiger charge is 2.48. The molecule has 0 bridgehead atoms. The first kappa shape index (κ1) is 28.0. The Balaban J connectivity index is 1.74. The van der Waals surface area contributed by atoms with Crippen LogP contribution in [-0.4, -0.2) is 49.7 Å². The molecule has 0 spiro atoms.